The Balaban J connectivity index is 2.09. The van der Waals surface area contributed by atoms with Crippen molar-refractivity contribution < 1.29 is 19.0 Å². The Kier molecular flexibility index (Phi) is 4.70. The molecule has 0 atom stereocenters. The molecular weight excluding hydrogens is 358 g/mol. The SMILES string of the molecule is CCOC(=O)/C=c1\[nH]c(=S)s\c1=C/c1cc(Cl)c2c(c1)OCO2. The molecule has 0 unspecified atom stereocenters. The molecule has 1 aliphatic heterocycles. The second-order valence-electron chi connectivity index (χ2n) is 4.57. The average Bonchev–Trinajstić information content (AvgIpc) is 3.07. The molecule has 2 heterocycles. The number of carbonyl (C=O) groups is 1. The molecule has 3 rings (SSSR count). The van der Waals surface area contributed by atoms with Gasteiger partial charge in [0.15, 0.2) is 15.5 Å². The third kappa shape index (κ3) is 3.57. The van der Waals surface area contributed by atoms with E-state index < -0.39 is 5.97 Å². The van der Waals surface area contributed by atoms with Crippen LogP contribution in [0.5, 0.6) is 11.5 Å². The van der Waals surface area contributed by atoms with Crippen molar-refractivity contribution in [1.82, 2.24) is 4.98 Å². The highest BCUT2D eigenvalue weighted by atomic mass is 35.5. The number of hydrogen-bond acceptors (Lipinski definition) is 6. The zero-order chi connectivity index (χ0) is 16.4. The molecule has 8 heteroatoms. The van der Waals surface area contributed by atoms with Gasteiger partial charge in [-0.3, -0.25) is 0 Å². The number of rotatable bonds is 3. The molecule has 0 saturated carbocycles. The lowest BCUT2D eigenvalue weighted by molar-refractivity contribution is -0.135. The van der Waals surface area contributed by atoms with Crippen LogP contribution in [0.4, 0.5) is 0 Å². The van der Waals surface area contributed by atoms with Gasteiger partial charge in [0.2, 0.25) is 6.79 Å². The van der Waals surface area contributed by atoms with Gasteiger partial charge in [0, 0.05) is 6.08 Å². The van der Waals surface area contributed by atoms with E-state index in [1.807, 2.05) is 12.1 Å². The Morgan fingerprint density at radius 1 is 1.52 bits per heavy atom. The number of esters is 1. The summed E-state index contributed by atoms with van der Waals surface area (Å²) in [6.45, 7) is 2.23. The lowest BCUT2D eigenvalue weighted by atomic mass is 10.2. The van der Waals surface area contributed by atoms with E-state index in [1.54, 1.807) is 13.0 Å². The molecule has 5 nitrogen and oxygen atoms in total. The molecule has 1 aliphatic rings. The zero-order valence-electron chi connectivity index (χ0n) is 12.1. The Morgan fingerprint density at radius 3 is 3.13 bits per heavy atom. The van der Waals surface area contributed by atoms with Crippen LogP contribution in [0.15, 0.2) is 12.1 Å². The van der Waals surface area contributed by atoms with Crippen molar-refractivity contribution in [3.63, 3.8) is 0 Å². The Morgan fingerprint density at radius 2 is 2.35 bits per heavy atom. The van der Waals surface area contributed by atoms with Gasteiger partial charge in [-0.15, -0.1) is 11.3 Å². The number of halogens is 1. The van der Waals surface area contributed by atoms with Crippen LogP contribution in [-0.2, 0) is 9.53 Å². The van der Waals surface area contributed by atoms with E-state index in [0.29, 0.717) is 32.4 Å². The topological polar surface area (TPSA) is 60.6 Å². The van der Waals surface area contributed by atoms with Crippen molar-refractivity contribution in [2.75, 3.05) is 13.4 Å². The number of nitrogens with one attached hydrogen (secondary N) is 1. The second-order valence-corrected chi connectivity index (χ2v) is 6.70. The zero-order valence-corrected chi connectivity index (χ0v) is 14.4. The number of fused-ring (bicyclic) bond motifs is 1. The van der Waals surface area contributed by atoms with E-state index in [1.165, 1.54) is 17.4 Å². The largest absolute Gasteiger partial charge is 0.463 e. The van der Waals surface area contributed by atoms with Crippen molar-refractivity contribution in [3.8, 4) is 11.5 Å². The summed E-state index contributed by atoms with van der Waals surface area (Å²) in [5.74, 6) is 0.720. The molecule has 1 aromatic heterocycles. The summed E-state index contributed by atoms with van der Waals surface area (Å²) in [6, 6.07) is 3.59. The van der Waals surface area contributed by atoms with Gasteiger partial charge < -0.3 is 19.2 Å². The summed E-state index contributed by atoms with van der Waals surface area (Å²) in [5, 5.41) is 1.08. The number of ether oxygens (including phenoxy) is 3. The molecule has 0 bridgehead atoms. The first-order chi connectivity index (χ1) is 11.1. The van der Waals surface area contributed by atoms with Gasteiger partial charge in [-0.05, 0) is 42.9 Å². The fourth-order valence-electron chi connectivity index (χ4n) is 2.09. The number of hydrogen-bond donors (Lipinski definition) is 1. The number of thiazole rings is 1. The number of carbonyl (C=O) groups excluding carboxylic acids is 1. The molecule has 0 spiro atoms. The van der Waals surface area contributed by atoms with Gasteiger partial charge in [0.1, 0.15) is 0 Å². The quantitative estimate of drug-likeness (QED) is 0.664. The lowest BCUT2D eigenvalue weighted by Gasteiger charge is -2.00. The minimum Gasteiger partial charge on any atom is -0.463 e. The minimum absolute atomic E-state index is 0.156. The molecule has 0 amide bonds. The van der Waals surface area contributed by atoms with E-state index in [0.717, 1.165) is 10.1 Å². The molecule has 2 aromatic rings. The molecular formula is C15H12ClNO4S2. The summed E-state index contributed by atoms with van der Waals surface area (Å²) in [4.78, 5) is 14.6. The summed E-state index contributed by atoms with van der Waals surface area (Å²) in [5.41, 5.74) is 0.822. The van der Waals surface area contributed by atoms with Crippen LogP contribution >= 0.6 is 35.2 Å². The Bertz CT molecular complexity index is 932. The van der Waals surface area contributed by atoms with Crippen LogP contribution in [0.2, 0.25) is 5.02 Å². The van der Waals surface area contributed by atoms with Crippen LogP contribution in [0.3, 0.4) is 0 Å². The van der Waals surface area contributed by atoms with Crippen molar-refractivity contribution in [1.29, 1.82) is 0 Å². The fourth-order valence-corrected chi connectivity index (χ4v) is 3.52. The van der Waals surface area contributed by atoms with Crippen molar-refractivity contribution >= 4 is 53.3 Å². The predicted molar refractivity (Wildman–Crippen MR) is 91.0 cm³/mol. The summed E-state index contributed by atoms with van der Waals surface area (Å²) in [7, 11) is 0. The highest BCUT2D eigenvalue weighted by Gasteiger charge is 2.17. The third-order valence-corrected chi connectivity index (χ3v) is 4.48. The molecule has 1 aromatic carbocycles. The normalized spacial score (nSPS) is 14.3. The maximum Gasteiger partial charge on any atom is 0.332 e. The molecule has 0 aliphatic carbocycles. The van der Waals surface area contributed by atoms with Crippen LogP contribution in [0.25, 0.3) is 12.2 Å². The Hall–Kier alpha value is -1.83. The number of aromatic amines is 1. The molecule has 0 fully saturated rings. The van der Waals surface area contributed by atoms with Gasteiger partial charge in [0.05, 0.1) is 21.5 Å². The van der Waals surface area contributed by atoms with Crippen molar-refractivity contribution in [2.24, 2.45) is 0 Å². The van der Waals surface area contributed by atoms with Crippen LogP contribution in [0, 0.1) is 3.95 Å². The first-order valence-electron chi connectivity index (χ1n) is 6.75. The molecule has 120 valence electrons. The van der Waals surface area contributed by atoms with Gasteiger partial charge >= 0.3 is 5.97 Å². The summed E-state index contributed by atoms with van der Waals surface area (Å²) >= 11 is 12.7. The van der Waals surface area contributed by atoms with Gasteiger partial charge in [-0.2, -0.15) is 0 Å². The van der Waals surface area contributed by atoms with Gasteiger partial charge in [-0.1, -0.05) is 11.6 Å². The van der Waals surface area contributed by atoms with Crippen LogP contribution < -0.4 is 19.4 Å². The molecule has 0 radical (unpaired) electrons. The maximum atomic E-state index is 11.6. The third-order valence-electron chi connectivity index (χ3n) is 3.00. The first kappa shape index (κ1) is 16.0. The Labute approximate surface area is 145 Å². The van der Waals surface area contributed by atoms with E-state index >= 15 is 0 Å². The summed E-state index contributed by atoms with van der Waals surface area (Å²) in [6.07, 6.45) is 3.26. The van der Waals surface area contributed by atoms with E-state index in [9.17, 15) is 4.79 Å². The van der Waals surface area contributed by atoms with Crippen molar-refractivity contribution in [2.45, 2.75) is 6.92 Å². The number of aromatic nitrogens is 1. The predicted octanol–water partition coefficient (Wildman–Crippen LogP) is 2.36. The van der Waals surface area contributed by atoms with E-state index in [-0.39, 0.29) is 6.79 Å². The van der Waals surface area contributed by atoms with Crippen molar-refractivity contribution in [3.05, 3.63) is 36.6 Å². The van der Waals surface area contributed by atoms with Gasteiger partial charge in [0.25, 0.3) is 0 Å². The highest BCUT2D eigenvalue weighted by Crippen LogP contribution is 2.39. The van der Waals surface area contributed by atoms with Crippen LogP contribution in [-0.4, -0.2) is 24.4 Å². The smallest absolute Gasteiger partial charge is 0.332 e. The number of H-pyrrole nitrogens is 1. The second kappa shape index (κ2) is 6.74. The van der Waals surface area contributed by atoms with E-state index in [4.69, 9.17) is 38.0 Å². The van der Waals surface area contributed by atoms with Gasteiger partial charge in [-0.25, -0.2) is 4.79 Å². The molecule has 1 N–H and O–H groups in total. The standard InChI is InChI=1S/C15H12ClNO4S2/c1-2-19-13(18)6-10-12(23-15(22)17-10)5-8-3-9(16)14-11(4-8)20-7-21-14/h3-6H,2,7H2,1H3,(H,17,22)/b10-6-,12-5-. The van der Waals surface area contributed by atoms with Crippen LogP contribution in [0.1, 0.15) is 12.5 Å². The summed E-state index contributed by atoms with van der Waals surface area (Å²) < 4.78 is 16.9. The molecule has 23 heavy (non-hydrogen) atoms. The number of benzene rings is 1. The van der Waals surface area contributed by atoms with E-state index in [2.05, 4.69) is 4.98 Å². The lowest BCUT2D eigenvalue weighted by Crippen LogP contribution is -2.23. The monoisotopic (exact) mass is 369 g/mol. The highest BCUT2D eigenvalue weighted by molar-refractivity contribution is 7.73. The fraction of sp³-hybridized carbons (Fsp3) is 0.200. The molecule has 0 saturated heterocycles. The maximum absolute atomic E-state index is 11.6. The minimum atomic E-state index is -0.421. The first-order valence-corrected chi connectivity index (χ1v) is 8.35. The average molecular weight is 370 g/mol.